The summed E-state index contributed by atoms with van der Waals surface area (Å²) in [7, 11) is 3.57. The second-order valence-corrected chi connectivity index (χ2v) is 8.20. The van der Waals surface area contributed by atoms with Crippen LogP contribution in [0, 0.1) is 17.8 Å². The first-order chi connectivity index (χ1) is 13.5. The molecule has 2 aliphatic rings. The molecule has 1 aromatic heterocycles. The predicted molar refractivity (Wildman–Crippen MR) is 109 cm³/mol. The number of amides is 1. The second kappa shape index (κ2) is 9.28. The van der Waals surface area contributed by atoms with Gasteiger partial charge < -0.3 is 10.0 Å². The van der Waals surface area contributed by atoms with E-state index in [2.05, 4.69) is 11.1 Å². The van der Waals surface area contributed by atoms with E-state index < -0.39 is 6.10 Å². The highest BCUT2D eigenvalue weighted by Gasteiger charge is 2.47. The minimum absolute atomic E-state index is 0.0167. The Labute approximate surface area is 167 Å². The summed E-state index contributed by atoms with van der Waals surface area (Å²) in [6, 6.07) is 3.71. The van der Waals surface area contributed by atoms with Crippen LogP contribution in [0.2, 0.25) is 0 Å². The summed E-state index contributed by atoms with van der Waals surface area (Å²) >= 11 is 0. The molecule has 1 fully saturated rings. The van der Waals surface area contributed by atoms with Crippen molar-refractivity contribution in [3.8, 4) is 0 Å². The Balaban J connectivity index is 1.51. The molecule has 150 valence electrons. The van der Waals surface area contributed by atoms with Crippen molar-refractivity contribution >= 4 is 17.8 Å². The standard InChI is InChI=1S/C23H30N2O3/c1-25(2)22(28)6-4-3-5-17-13-18-15-21(27)23(19(18)14-17)20(26)8-7-16-9-11-24-12-10-16/h7-13,18-19,21,23,27H,3-6,14-15H2,1-2H3/t18-,19-,21+,23-/m0/s1. The van der Waals surface area contributed by atoms with Crippen LogP contribution < -0.4 is 0 Å². The first kappa shape index (κ1) is 20.5. The van der Waals surface area contributed by atoms with Crippen LogP contribution in [0.3, 0.4) is 0 Å². The van der Waals surface area contributed by atoms with Gasteiger partial charge in [-0.15, -0.1) is 0 Å². The normalized spacial score (nSPS) is 26.3. The molecule has 0 radical (unpaired) electrons. The monoisotopic (exact) mass is 382 g/mol. The van der Waals surface area contributed by atoms with E-state index in [1.165, 1.54) is 5.57 Å². The lowest BCUT2D eigenvalue weighted by Crippen LogP contribution is -2.27. The van der Waals surface area contributed by atoms with Crippen molar-refractivity contribution in [2.24, 2.45) is 17.8 Å². The highest BCUT2D eigenvalue weighted by molar-refractivity contribution is 5.96. The maximum atomic E-state index is 12.7. The van der Waals surface area contributed by atoms with Crippen LogP contribution in [-0.2, 0) is 9.59 Å². The van der Waals surface area contributed by atoms with Crippen molar-refractivity contribution in [2.75, 3.05) is 14.1 Å². The van der Waals surface area contributed by atoms with Crippen LogP contribution in [0.1, 0.15) is 44.1 Å². The van der Waals surface area contributed by atoms with Crippen LogP contribution in [0.4, 0.5) is 0 Å². The summed E-state index contributed by atoms with van der Waals surface area (Å²) in [4.78, 5) is 30.0. The van der Waals surface area contributed by atoms with Gasteiger partial charge in [0, 0.05) is 32.9 Å². The Morgan fingerprint density at radius 1 is 1.25 bits per heavy atom. The van der Waals surface area contributed by atoms with Crippen LogP contribution >= 0.6 is 0 Å². The van der Waals surface area contributed by atoms with Gasteiger partial charge in [0.1, 0.15) is 0 Å². The zero-order valence-electron chi connectivity index (χ0n) is 16.8. The lowest BCUT2D eigenvalue weighted by atomic mass is 9.86. The average molecular weight is 383 g/mol. The molecule has 4 atom stereocenters. The maximum absolute atomic E-state index is 12.7. The van der Waals surface area contributed by atoms with Crippen molar-refractivity contribution in [3.05, 3.63) is 47.8 Å². The molecule has 5 heteroatoms. The second-order valence-electron chi connectivity index (χ2n) is 8.20. The Hall–Kier alpha value is -2.27. The minimum atomic E-state index is -0.555. The molecule has 0 spiro atoms. The van der Waals surface area contributed by atoms with Gasteiger partial charge in [-0.2, -0.15) is 0 Å². The third-order valence-corrected chi connectivity index (χ3v) is 6.00. The van der Waals surface area contributed by atoms with E-state index in [4.69, 9.17) is 0 Å². The van der Waals surface area contributed by atoms with Crippen molar-refractivity contribution in [2.45, 2.75) is 44.6 Å². The Morgan fingerprint density at radius 3 is 2.71 bits per heavy atom. The number of aliphatic hydroxyl groups is 1. The number of carbonyl (C=O) groups excluding carboxylic acids is 2. The summed E-state index contributed by atoms with van der Waals surface area (Å²) in [6.45, 7) is 0. The van der Waals surface area contributed by atoms with Gasteiger partial charge in [-0.1, -0.05) is 17.7 Å². The lowest BCUT2D eigenvalue weighted by Gasteiger charge is -2.19. The number of aliphatic hydroxyl groups excluding tert-OH is 1. The number of fused-ring (bicyclic) bond motifs is 1. The van der Waals surface area contributed by atoms with Gasteiger partial charge in [-0.05, 0) is 67.7 Å². The molecule has 0 bridgehead atoms. The highest BCUT2D eigenvalue weighted by Crippen LogP contribution is 2.48. The molecule has 5 nitrogen and oxygen atoms in total. The molecule has 0 aliphatic heterocycles. The molecule has 2 aliphatic carbocycles. The Morgan fingerprint density at radius 2 is 2.00 bits per heavy atom. The number of pyridine rings is 1. The number of unbranched alkanes of at least 4 members (excludes halogenated alkanes) is 1. The number of nitrogens with zero attached hydrogens (tertiary/aromatic N) is 2. The zero-order chi connectivity index (χ0) is 20.1. The molecule has 1 aromatic rings. The fourth-order valence-electron chi connectivity index (χ4n) is 4.50. The number of hydrogen-bond acceptors (Lipinski definition) is 4. The predicted octanol–water partition coefficient (Wildman–Crippen LogP) is 3.26. The average Bonchev–Trinajstić information content (AvgIpc) is 3.19. The number of allylic oxidation sites excluding steroid dienone is 3. The van der Waals surface area contributed by atoms with Gasteiger partial charge in [-0.3, -0.25) is 14.6 Å². The van der Waals surface area contributed by atoms with Gasteiger partial charge in [0.2, 0.25) is 5.91 Å². The fraction of sp³-hybridized carbons (Fsp3) is 0.522. The first-order valence-corrected chi connectivity index (χ1v) is 10.2. The van der Waals surface area contributed by atoms with Gasteiger partial charge in [-0.25, -0.2) is 0 Å². The smallest absolute Gasteiger partial charge is 0.222 e. The summed E-state index contributed by atoms with van der Waals surface area (Å²) < 4.78 is 0. The molecule has 1 heterocycles. The van der Waals surface area contributed by atoms with Crippen molar-refractivity contribution in [1.29, 1.82) is 0 Å². The van der Waals surface area contributed by atoms with Crippen LogP contribution in [0.25, 0.3) is 6.08 Å². The van der Waals surface area contributed by atoms with E-state index in [1.54, 1.807) is 43.5 Å². The molecule has 28 heavy (non-hydrogen) atoms. The van der Waals surface area contributed by atoms with Crippen LogP contribution in [0.5, 0.6) is 0 Å². The summed E-state index contributed by atoms with van der Waals surface area (Å²) in [5.74, 6) is 0.391. The molecule has 0 aromatic carbocycles. The zero-order valence-corrected chi connectivity index (χ0v) is 16.8. The third-order valence-electron chi connectivity index (χ3n) is 6.00. The van der Waals surface area contributed by atoms with E-state index in [9.17, 15) is 14.7 Å². The topological polar surface area (TPSA) is 70.5 Å². The Kier molecular flexibility index (Phi) is 6.79. The number of carbonyl (C=O) groups is 2. The van der Waals surface area contributed by atoms with E-state index in [-0.39, 0.29) is 23.5 Å². The number of ketones is 1. The fourth-order valence-corrected chi connectivity index (χ4v) is 4.50. The molecule has 1 N–H and O–H groups in total. The third kappa shape index (κ3) is 4.96. The molecular weight excluding hydrogens is 352 g/mol. The molecule has 0 unspecified atom stereocenters. The largest absolute Gasteiger partial charge is 0.392 e. The number of hydrogen-bond donors (Lipinski definition) is 1. The summed E-state index contributed by atoms with van der Waals surface area (Å²) in [5, 5.41) is 10.4. The lowest BCUT2D eigenvalue weighted by molar-refractivity contribution is -0.128. The molecule has 0 saturated heterocycles. The Bertz CT molecular complexity index is 754. The molecule has 3 rings (SSSR count). The first-order valence-electron chi connectivity index (χ1n) is 10.2. The molecular formula is C23H30N2O3. The van der Waals surface area contributed by atoms with E-state index in [0.717, 1.165) is 31.2 Å². The van der Waals surface area contributed by atoms with Crippen molar-refractivity contribution in [3.63, 3.8) is 0 Å². The van der Waals surface area contributed by atoms with Gasteiger partial charge >= 0.3 is 0 Å². The van der Waals surface area contributed by atoms with Crippen molar-refractivity contribution < 1.29 is 14.7 Å². The van der Waals surface area contributed by atoms with Gasteiger partial charge in [0.15, 0.2) is 5.78 Å². The van der Waals surface area contributed by atoms with Crippen molar-refractivity contribution in [1.82, 2.24) is 9.88 Å². The molecule has 1 saturated carbocycles. The minimum Gasteiger partial charge on any atom is -0.392 e. The quantitative estimate of drug-likeness (QED) is 0.426. The maximum Gasteiger partial charge on any atom is 0.222 e. The van der Waals surface area contributed by atoms with Crippen LogP contribution in [0.15, 0.2) is 42.3 Å². The summed E-state index contributed by atoms with van der Waals surface area (Å²) in [5.41, 5.74) is 2.32. The highest BCUT2D eigenvalue weighted by atomic mass is 16.3. The molecule has 1 amide bonds. The van der Waals surface area contributed by atoms with Crippen LogP contribution in [-0.4, -0.2) is 46.9 Å². The van der Waals surface area contributed by atoms with Gasteiger partial charge in [0.25, 0.3) is 0 Å². The number of aromatic nitrogens is 1. The van der Waals surface area contributed by atoms with Gasteiger partial charge in [0.05, 0.1) is 12.0 Å². The van der Waals surface area contributed by atoms with E-state index in [1.807, 2.05) is 12.1 Å². The van der Waals surface area contributed by atoms with E-state index >= 15 is 0 Å². The number of rotatable bonds is 8. The SMILES string of the molecule is CN(C)C(=O)CCCCC1=C[C@H]2C[C@@H](O)[C@H](C(=O)C=Cc3ccncc3)[C@H]2C1. The summed E-state index contributed by atoms with van der Waals surface area (Å²) in [6.07, 6.45) is 13.6. The van der Waals surface area contributed by atoms with E-state index in [0.29, 0.717) is 18.8 Å².